The largest absolute Gasteiger partial charge is 0.478 e. The summed E-state index contributed by atoms with van der Waals surface area (Å²) in [7, 11) is 0. The molecule has 0 saturated carbocycles. The number of aromatic carboxylic acids is 1. The van der Waals surface area contributed by atoms with Gasteiger partial charge >= 0.3 is 5.97 Å². The summed E-state index contributed by atoms with van der Waals surface area (Å²) in [6.07, 6.45) is 3.89. The van der Waals surface area contributed by atoms with Gasteiger partial charge in [0.1, 0.15) is 0 Å². The number of nitrogens with zero attached hydrogens (tertiary/aromatic N) is 1. The maximum Gasteiger partial charge on any atom is 0.335 e. The third-order valence-electron chi connectivity index (χ3n) is 4.02. The average Bonchev–Trinajstić information content (AvgIpc) is 2.39. The maximum absolute atomic E-state index is 10.8. The van der Waals surface area contributed by atoms with E-state index in [4.69, 9.17) is 5.11 Å². The molecular weight excluding hydrogens is 238 g/mol. The molecule has 0 aliphatic carbocycles. The van der Waals surface area contributed by atoms with Crippen LogP contribution >= 0.6 is 0 Å². The quantitative estimate of drug-likeness (QED) is 0.903. The fourth-order valence-corrected chi connectivity index (χ4v) is 2.96. The van der Waals surface area contributed by atoms with Crippen molar-refractivity contribution in [2.75, 3.05) is 6.54 Å². The van der Waals surface area contributed by atoms with Crippen LogP contribution < -0.4 is 0 Å². The Bertz CT molecular complexity index is 425. The summed E-state index contributed by atoms with van der Waals surface area (Å²) in [4.78, 5) is 13.4. The highest BCUT2D eigenvalue weighted by Gasteiger charge is 2.24. The van der Waals surface area contributed by atoms with Crippen molar-refractivity contribution in [3.05, 3.63) is 35.4 Å². The highest BCUT2D eigenvalue weighted by molar-refractivity contribution is 5.87. The number of benzene rings is 1. The molecule has 2 rings (SSSR count). The van der Waals surface area contributed by atoms with Gasteiger partial charge in [0, 0.05) is 12.6 Å². The van der Waals surface area contributed by atoms with Crippen LogP contribution in [-0.4, -0.2) is 28.6 Å². The first-order chi connectivity index (χ1) is 9.08. The first kappa shape index (κ1) is 14.1. The van der Waals surface area contributed by atoms with E-state index >= 15 is 0 Å². The molecule has 1 aromatic carbocycles. The van der Waals surface area contributed by atoms with Crippen LogP contribution in [0.4, 0.5) is 0 Å². The van der Waals surface area contributed by atoms with E-state index in [2.05, 4.69) is 18.7 Å². The molecule has 0 spiro atoms. The van der Waals surface area contributed by atoms with E-state index in [1.54, 1.807) is 12.1 Å². The second-order valence-corrected chi connectivity index (χ2v) is 5.78. The number of carbonyl (C=O) groups is 1. The second kappa shape index (κ2) is 6.20. The Morgan fingerprint density at radius 2 is 2.00 bits per heavy atom. The Hall–Kier alpha value is -1.35. The average molecular weight is 261 g/mol. The molecule has 104 valence electrons. The number of hydrogen-bond donors (Lipinski definition) is 1. The van der Waals surface area contributed by atoms with E-state index in [-0.39, 0.29) is 0 Å². The molecule has 3 heteroatoms. The Kier molecular flexibility index (Phi) is 4.59. The summed E-state index contributed by atoms with van der Waals surface area (Å²) in [6, 6.07) is 7.94. The normalized spacial score (nSPS) is 20.7. The molecule has 1 N–H and O–H groups in total. The van der Waals surface area contributed by atoms with Crippen LogP contribution in [0.2, 0.25) is 0 Å². The van der Waals surface area contributed by atoms with Crippen molar-refractivity contribution in [3.63, 3.8) is 0 Å². The zero-order valence-corrected chi connectivity index (χ0v) is 11.8. The van der Waals surface area contributed by atoms with Gasteiger partial charge in [-0.3, -0.25) is 4.90 Å². The van der Waals surface area contributed by atoms with Gasteiger partial charge in [-0.2, -0.15) is 0 Å². The molecule has 19 heavy (non-hydrogen) atoms. The molecule has 0 amide bonds. The maximum atomic E-state index is 10.8. The van der Waals surface area contributed by atoms with Crippen molar-refractivity contribution < 1.29 is 9.90 Å². The van der Waals surface area contributed by atoms with Gasteiger partial charge in [0.25, 0.3) is 0 Å². The summed E-state index contributed by atoms with van der Waals surface area (Å²) in [6.45, 7) is 6.67. The second-order valence-electron chi connectivity index (χ2n) is 5.78. The van der Waals surface area contributed by atoms with Gasteiger partial charge in [-0.15, -0.1) is 0 Å². The van der Waals surface area contributed by atoms with Crippen molar-refractivity contribution >= 4 is 5.97 Å². The molecule has 1 heterocycles. The summed E-state index contributed by atoms with van der Waals surface area (Å²) >= 11 is 0. The first-order valence-electron chi connectivity index (χ1n) is 7.14. The van der Waals surface area contributed by atoms with Crippen molar-refractivity contribution in [2.45, 2.75) is 45.7 Å². The van der Waals surface area contributed by atoms with E-state index < -0.39 is 5.97 Å². The lowest BCUT2D eigenvalue weighted by atomic mass is 9.92. The monoisotopic (exact) mass is 261 g/mol. The summed E-state index contributed by atoms with van der Waals surface area (Å²) < 4.78 is 0. The van der Waals surface area contributed by atoms with Gasteiger partial charge in [-0.05, 0) is 43.0 Å². The van der Waals surface area contributed by atoms with Crippen molar-refractivity contribution in [1.29, 1.82) is 0 Å². The van der Waals surface area contributed by atoms with Gasteiger partial charge < -0.3 is 5.11 Å². The predicted molar refractivity (Wildman–Crippen MR) is 76.3 cm³/mol. The smallest absolute Gasteiger partial charge is 0.335 e. The lowest BCUT2D eigenvalue weighted by Gasteiger charge is -2.38. The fourth-order valence-electron chi connectivity index (χ4n) is 2.96. The summed E-state index contributed by atoms with van der Waals surface area (Å²) in [5, 5.41) is 8.90. The van der Waals surface area contributed by atoms with Crippen LogP contribution in [0.25, 0.3) is 0 Å². The molecule has 1 aliphatic heterocycles. The van der Waals surface area contributed by atoms with Crippen LogP contribution in [0.5, 0.6) is 0 Å². The van der Waals surface area contributed by atoms with Gasteiger partial charge in [0.2, 0.25) is 0 Å². The van der Waals surface area contributed by atoms with Gasteiger partial charge in [-0.25, -0.2) is 4.79 Å². The third kappa shape index (κ3) is 3.57. The van der Waals surface area contributed by atoms with Crippen LogP contribution in [0.3, 0.4) is 0 Å². The summed E-state index contributed by atoms with van der Waals surface area (Å²) in [5.41, 5.74) is 1.57. The Balaban J connectivity index is 2.04. The predicted octanol–water partition coefficient (Wildman–Crippen LogP) is 3.40. The lowest BCUT2D eigenvalue weighted by molar-refractivity contribution is 0.0697. The van der Waals surface area contributed by atoms with Crippen LogP contribution in [0.1, 0.15) is 49.0 Å². The molecular formula is C16H23NO2. The standard InChI is InChI=1S/C16H23NO2/c1-12(2)15-5-3-4-10-17(15)11-13-6-8-14(9-7-13)16(18)19/h6-9,12,15H,3-5,10-11H2,1-2H3,(H,18,19). The summed E-state index contributed by atoms with van der Waals surface area (Å²) in [5.74, 6) is -0.178. The molecule has 3 nitrogen and oxygen atoms in total. The first-order valence-corrected chi connectivity index (χ1v) is 7.14. The fraction of sp³-hybridized carbons (Fsp3) is 0.562. The Morgan fingerprint density at radius 1 is 1.32 bits per heavy atom. The SMILES string of the molecule is CC(C)C1CCCCN1Cc1ccc(C(=O)O)cc1. The molecule has 1 unspecified atom stereocenters. The van der Waals surface area contributed by atoms with E-state index in [0.717, 1.165) is 13.1 Å². The van der Waals surface area contributed by atoms with Gasteiger partial charge in [0.05, 0.1) is 5.56 Å². The van der Waals surface area contributed by atoms with Crippen LogP contribution in [-0.2, 0) is 6.54 Å². The molecule has 1 aromatic rings. The van der Waals surface area contributed by atoms with Gasteiger partial charge in [0.15, 0.2) is 0 Å². The minimum absolute atomic E-state index is 0.364. The van der Waals surface area contributed by atoms with E-state index in [1.807, 2.05) is 12.1 Å². The van der Waals surface area contributed by atoms with Gasteiger partial charge in [-0.1, -0.05) is 32.4 Å². The molecule has 0 bridgehead atoms. The molecule has 1 saturated heterocycles. The number of carboxylic acid groups (broad SMARTS) is 1. The third-order valence-corrected chi connectivity index (χ3v) is 4.02. The Labute approximate surface area is 115 Å². The molecule has 1 fully saturated rings. The lowest BCUT2D eigenvalue weighted by Crippen LogP contribution is -2.42. The molecule has 0 radical (unpaired) electrons. The zero-order valence-electron chi connectivity index (χ0n) is 11.8. The zero-order chi connectivity index (χ0) is 13.8. The Morgan fingerprint density at radius 3 is 2.58 bits per heavy atom. The van der Waals surface area contributed by atoms with Crippen molar-refractivity contribution in [1.82, 2.24) is 4.90 Å². The minimum atomic E-state index is -0.857. The topological polar surface area (TPSA) is 40.5 Å². The number of likely N-dealkylation sites (tertiary alicyclic amines) is 1. The number of hydrogen-bond acceptors (Lipinski definition) is 2. The van der Waals surface area contributed by atoms with Crippen molar-refractivity contribution in [2.24, 2.45) is 5.92 Å². The molecule has 1 atom stereocenters. The minimum Gasteiger partial charge on any atom is -0.478 e. The highest BCUT2D eigenvalue weighted by atomic mass is 16.4. The van der Waals surface area contributed by atoms with E-state index in [1.165, 1.54) is 24.8 Å². The van der Waals surface area contributed by atoms with Crippen LogP contribution in [0, 0.1) is 5.92 Å². The van der Waals surface area contributed by atoms with E-state index in [0.29, 0.717) is 17.5 Å². The van der Waals surface area contributed by atoms with Crippen LogP contribution in [0.15, 0.2) is 24.3 Å². The van der Waals surface area contributed by atoms with Crippen molar-refractivity contribution in [3.8, 4) is 0 Å². The number of piperidine rings is 1. The van der Waals surface area contributed by atoms with E-state index in [9.17, 15) is 4.79 Å². The number of carboxylic acids is 1. The molecule has 0 aromatic heterocycles. The highest BCUT2D eigenvalue weighted by Crippen LogP contribution is 2.24. The number of rotatable bonds is 4. The molecule has 1 aliphatic rings.